The molecule has 0 spiro atoms. The molecule has 1 aliphatic heterocycles. The van der Waals surface area contributed by atoms with Gasteiger partial charge in [-0.15, -0.1) is 23.7 Å². The first kappa shape index (κ1) is 16.0. The van der Waals surface area contributed by atoms with Crippen molar-refractivity contribution < 1.29 is 0 Å². The Kier molecular flexibility index (Phi) is 6.12. The number of nitrogens with two attached hydrogens (primary N) is 1. The molecule has 18 heavy (non-hydrogen) atoms. The van der Waals surface area contributed by atoms with Crippen LogP contribution in [0.3, 0.4) is 0 Å². The van der Waals surface area contributed by atoms with Gasteiger partial charge in [0.2, 0.25) is 0 Å². The molecule has 0 radical (unpaired) electrons. The number of nitrogens with zero attached hydrogens (tertiary/aromatic N) is 1. The Morgan fingerprint density at radius 2 is 2.00 bits per heavy atom. The van der Waals surface area contributed by atoms with Gasteiger partial charge < -0.3 is 5.73 Å². The van der Waals surface area contributed by atoms with Crippen LogP contribution in [0.4, 0.5) is 0 Å². The molecule has 2 N–H and O–H groups in total. The fourth-order valence-electron chi connectivity index (χ4n) is 2.72. The molecule has 2 rings (SSSR count). The van der Waals surface area contributed by atoms with Gasteiger partial charge in [-0.2, -0.15) is 0 Å². The summed E-state index contributed by atoms with van der Waals surface area (Å²) in [6.45, 7) is 10.1. The van der Waals surface area contributed by atoms with Gasteiger partial charge in [0.15, 0.2) is 0 Å². The number of thiophene rings is 1. The maximum Gasteiger partial charge on any atom is 0.0244 e. The summed E-state index contributed by atoms with van der Waals surface area (Å²) >= 11 is 1.92. The van der Waals surface area contributed by atoms with Crippen molar-refractivity contribution in [1.29, 1.82) is 0 Å². The van der Waals surface area contributed by atoms with Crippen molar-refractivity contribution >= 4 is 23.7 Å². The van der Waals surface area contributed by atoms with Crippen LogP contribution in [0, 0.1) is 19.8 Å². The Labute approximate surface area is 121 Å². The summed E-state index contributed by atoms with van der Waals surface area (Å²) in [6, 6.07) is 2.71. The molecule has 0 saturated carbocycles. The monoisotopic (exact) mass is 288 g/mol. The molecule has 1 saturated heterocycles. The average molecular weight is 289 g/mol. The minimum absolute atomic E-state index is 0. The first-order chi connectivity index (χ1) is 8.06. The fraction of sp³-hybridized carbons (Fsp3) is 0.714. The third kappa shape index (κ3) is 3.95. The molecule has 1 aromatic heterocycles. The minimum Gasteiger partial charge on any atom is -0.328 e. The van der Waals surface area contributed by atoms with E-state index in [1.807, 2.05) is 11.3 Å². The molecule has 2 heterocycles. The lowest BCUT2D eigenvalue weighted by Crippen LogP contribution is -2.39. The minimum atomic E-state index is 0. The van der Waals surface area contributed by atoms with Crippen LogP contribution < -0.4 is 5.73 Å². The molecule has 0 aliphatic carbocycles. The highest BCUT2D eigenvalue weighted by molar-refractivity contribution is 7.12. The summed E-state index contributed by atoms with van der Waals surface area (Å²) in [5.41, 5.74) is 7.50. The van der Waals surface area contributed by atoms with E-state index >= 15 is 0 Å². The van der Waals surface area contributed by atoms with Gasteiger partial charge in [0.25, 0.3) is 0 Å². The van der Waals surface area contributed by atoms with E-state index in [0.29, 0.717) is 6.04 Å². The van der Waals surface area contributed by atoms with Crippen molar-refractivity contribution in [2.45, 2.75) is 46.2 Å². The molecular formula is C14H25ClN2S. The number of halogens is 1. The van der Waals surface area contributed by atoms with E-state index in [9.17, 15) is 0 Å². The van der Waals surface area contributed by atoms with Crippen LogP contribution >= 0.6 is 23.7 Å². The van der Waals surface area contributed by atoms with Crippen molar-refractivity contribution in [3.63, 3.8) is 0 Å². The second kappa shape index (κ2) is 6.90. The SMILES string of the molecule is Cc1cc(CN2CCC(C(C)N)CC2)c(C)s1.Cl. The second-order valence-corrected chi connectivity index (χ2v) is 6.87. The Hall–Kier alpha value is -0.0900. The van der Waals surface area contributed by atoms with Crippen LogP contribution in [-0.4, -0.2) is 24.0 Å². The van der Waals surface area contributed by atoms with Gasteiger partial charge >= 0.3 is 0 Å². The van der Waals surface area contributed by atoms with Gasteiger partial charge in [-0.25, -0.2) is 0 Å². The molecule has 1 fully saturated rings. The van der Waals surface area contributed by atoms with E-state index in [2.05, 4.69) is 31.7 Å². The van der Waals surface area contributed by atoms with Gasteiger partial charge in [-0.1, -0.05) is 0 Å². The number of rotatable bonds is 3. The highest BCUT2D eigenvalue weighted by atomic mass is 35.5. The fourth-order valence-corrected chi connectivity index (χ4v) is 3.66. The zero-order valence-corrected chi connectivity index (χ0v) is 13.2. The van der Waals surface area contributed by atoms with Gasteiger partial charge in [0.1, 0.15) is 0 Å². The molecular weight excluding hydrogens is 264 g/mol. The lowest BCUT2D eigenvalue weighted by Gasteiger charge is -2.33. The number of hydrogen-bond donors (Lipinski definition) is 1. The van der Waals surface area contributed by atoms with E-state index < -0.39 is 0 Å². The summed E-state index contributed by atoms with van der Waals surface area (Å²) in [4.78, 5) is 5.49. The maximum absolute atomic E-state index is 5.98. The lowest BCUT2D eigenvalue weighted by molar-refractivity contribution is 0.165. The van der Waals surface area contributed by atoms with Crippen LogP contribution in [0.2, 0.25) is 0 Å². The average Bonchev–Trinajstić information content (AvgIpc) is 2.58. The van der Waals surface area contributed by atoms with E-state index in [0.717, 1.165) is 12.5 Å². The number of hydrogen-bond acceptors (Lipinski definition) is 3. The third-order valence-corrected chi connectivity index (χ3v) is 4.92. The molecule has 1 atom stereocenters. The summed E-state index contributed by atoms with van der Waals surface area (Å²) in [5, 5.41) is 0. The summed E-state index contributed by atoms with van der Waals surface area (Å²) in [5.74, 6) is 0.733. The highest BCUT2D eigenvalue weighted by Crippen LogP contribution is 2.25. The van der Waals surface area contributed by atoms with Gasteiger partial charge in [0, 0.05) is 22.3 Å². The predicted octanol–water partition coefficient (Wildman–Crippen LogP) is 3.35. The standard InChI is InChI=1S/C14H24N2S.ClH/c1-10-8-14(12(3)17-10)9-16-6-4-13(5-7-16)11(2)15;/h8,11,13H,4-7,9,15H2,1-3H3;1H. The van der Waals surface area contributed by atoms with Gasteiger partial charge in [-0.05, 0) is 64.3 Å². The molecule has 2 nitrogen and oxygen atoms in total. The van der Waals surface area contributed by atoms with Gasteiger partial charge in [0.05, 0.1) is 0 Å². The quantitative estimate of drug-likeness (QED) is 0.924. The van der Waals surface area contributed by atoms with Crippen molar-refractivity contribution in [2.75, 3.05) is 13.1 Å². The predicted molar refractivity (Wildman–Crippen MR) is 82.7 cm³/mol. The van der Waals surface area contributed by atoms with E-state index in [4.69, 9.17) is 5.73 Å². The molecule has 1 aromatic rings. The summed E-state index contributed by atoms with van der Waals surface area (Å²) in [7, 11) is 0. The van der Waals surface area contributed by atoms with Gasteiger partial charge in [-0.3, -0.25) is 4.90 Å². The molecule has 4 heteroatoms. The van der Waals surface area contributed by atoms with Crippen LogP contribution in [0.25, 0.3) is 0 Å². The first-order valence-electron chi connectivity index (χ1n) is 6.60. The number of piperidine rings is 1. The van der Waals surface area contributed by atoms with Crippen LogP contribution in [-0.2, 0) is 6.54 Å². The molecule has 0 amide bonds. The normalized spacial score (nSPS) is 19.6. The smallest absolute Gasteiger partial charge is 0.0244 e. The Morgan fingerprint density at radius 3 is 2.44 bits per heavy atom. The van der Waals surface area contributed by atoms with Crippen molar-refractivity contribution in [1.82, 2.24) is 4.90 Å². The summed E-state index contributed by atoms with van der Waals surface area (Å²) in [6.07, 6.45) is 2.53. The third-order valence-electron chi connectivity index (χ3n) is 3.91. The van der Waals surface area contributed by atoms with Crippen molar-refractivity contribution in [3.8, 4) is 0 Å². The van der Waals surface area contributed by atoms with E-state index in [1.54, 1.807) is 0 Å². The largest absolute Gasteiger partial charge is 0.328 e. The topological polar surface area (TPSA) is 29.3 Å². The van der Waals surface area contributed by atoms with E-state index in [1.165, 1.54) is 41.2 Å². The molecule has 0 bridgehead atoms. The Morgan fingerprint density at radius 1 is 1.39 bits per heavy atom. The van der Waals surface area contributed by atoms with Crippen LogP contribution in [0.5, 0.6) is 0 Å². The molecule has 0 aromatic carbocycles. The van der Waals surface area contributed by atoms with E-state index in [-0.39, 0.29) is 12.4 Å². The maximum atomic E-state index is 5.98. The lowest BCUT2D eigenvalue weighted by atomic mass is 9.91. The Bertz CT molecular complexity index is 368. The number of aryl methyl sites for hydroxylation is 2. The second-order valence-electron chi connectivity index (χ2n) is 5.41. The Balaban J connectivity index is 0.00000162. The molecule has 104 valence electrons. The zero-order valence-electron chi connectivity index (χ0n) is 11.6. The van der Waals surface area contributed by atoms with Crippen LogP contribution in [0.1, 0.15) is 35.1 Å². The van der Waals surface area contributed by atoms with Crippen molar-refractivity contribution in [2.24, 2.45) is 11.7 Å². The molecule has 1 unspecified atom stereocenters. The van der Waals surface area contributed by atoms with Crippen molar-refractivity contribution in [3.05, 3.63) is 21.4 Å². The summed E-state index contributed by atoms with van der Waals surface area (Å²) < 4.78 is 0. The molecule has 1 aliphatic rings. The zero-order chi connectivity index (χ0) is 12.4. The highest BCUT2D eigenvalue weighted by Gasteiger charge is 2.22. The number of likely N-dealkylation sites (tertiary alicyclic amines) is 1. The van der Waals surface area contributed by atoms with Crippen LogP contribution in [0.15, 0.2) is 6.07 Å². The first-order valence-corrected chi connectivity index (χ1v) is 7.41.